The number of aryl methyl sites for hydroxylation is 1. The van der Waals surface area contributed by atoms with Crippen molar-refractivity contribution in [2.45, 2.75) is 30.8 Å². The molecule has 25 heavy (non-hydrogen) atoms. The van der Waals surface area contributed by atoms with Crippen LogP contribution in [0.5, 0.6) is 0 Å². The minimum atomic E-state index is -3.27. The summed E-state index contributed by atoms with van der Waals surface area (Å²) in [5, 5.41) is 2.42. The maximum atomic E-state index is 12.5. The van der Waals surface area contributed by atoms with E-state index in [1.807, 2.05) is 31.2 Å². The van der Waals surface area contributed by atoms with Gasteiger partial charge in [0.25, 0.3) is 0 Å². The highest BCUT2D eigenvalue weighted by molar-refractivity contribution is 7.91. The Kier molecular flexibility index (Phi) is 5.13. The van der Waals surface area contributed by atoms with Gasteiger partial charge in [0.05, 0.1) is 11.5 Å². The van der Waals surface area contributed by atoms with Gasteiger partial charge in [0.15, 0.2) is 9.84 Å². The van der Waals surface area contributed by atoms with Crippen LogP contribution in [0, 0.1) is 6.92 Å². The van der Waals surface area contributed by atoms with Gasteiger partial charge in [-0.1, -0.05) is 17.7 Å². The number of hydrogen-bond donors (Lipinski definition) is 1. The summed E-state index contributed by atoms with van der Waals surface area (Å²) in [7, 11) is -3.27. The van der Waals surface area contributed by atoms with E-state index in [4.69, 9.17) is 4.42 Å². The molecule has 1 aromatic heterocycles. The minimum Gasteiger partial charge on any atom is -0.468 e. The second-order valence-electron chi connectivity index (χ2n) is 6.37. The van der Waals surface area contributed by atoms with E-state index in [1.54, 1.807) is 17.0 Å². The van der Waals surface area contributed by atoms with Crippen LogP contribution in [-0.4, -0.2) is 37.7 Å². The molecule has 134 valence electrons. The van der Waals surface area contributed by atoms with Crippen LogP contribution in [0.15, 0.2) is 47.1 Å². The smallest absolute Gasteiger partial charge is 0.321 e. The van der Waals surface area contributed by atoms with E-state index in [9.17, 15) is 13.2 Å². The van der Waals surface area contributed by atoms with Crippen LogP contribution in [0.4, 0.5) is 10.5 Å². The van der Waals surface area contributed by atoms with Gasteiger partial charge in [0.1, 0.15) is 11.5 Å². The van der Waals surface area contributed by atoms with Crippen molar-refractivity contribution in [3.8, 4) is 0 Å². The number of nitrogens with zero attached hydrogens (tertiary/aromatic N) is 1. The SMILES string of the molecule is Cc1ccc(NC(=O)N2CCC(S(=O)(=O)Cc3ccco3)CC2)cc1. The Bertz CT molecular complexity index is 805. The van der Waals surface area contributed by atoms with Crippen LogP contribution in [-0.2, 0) is 15.6 Å². The lowest BCUT2D eigenvalue weighted by Crippen LogP contribution is -2.44. The van der Waals surface area contributed by atoms with Gasteiger partial charge in [-0.05, 0) is 44.0 Å². The first-order valence-electron chi connectivity index (χ1n) is 8.30. The molecule has 1 aliphatic rings. The molecule has 0 aliphatic carbocycles. The summed E-state index contributed by atoms with van der Waals surface area (Å²) in [5.41, 5.74) is 1.86. The maximum absolute atomic E-state index is 12.5. The second-order valence-corrected chi connectivity index (χ2v) is 8.65. The van der Waals surface area contributed by atoms with Crippen molar-refractivity contribution in [2.75, 3.05) is 18.4 Å². The van der Waals surface area contributed by atoms with Gasteiger partial charge in [-0.25, -0.2) is 13.2 Å². The maximum Gasteiger partial charge on any atom is 0.321 e. The van der Waals surface area contributed by atoms with Crippen LogP contribution < -0.4 is 5.32 Å². The summed E-state index contributed by atoms with van der Waals surface area (Å²) >= 11 is 0. The Labute approximate surface area is 147 Å². The average molecular weight is 362 g/mol. The number of furan rings is 1. The fraction of sp³-hybridized carbons (Fsp3) is 0.389. The third kappa shape index (κ3) is 4.42. The molecule has 3 rings (SSSR count). The molecule has 0 saturated carbocycles. The number of carbonyl (C=O) groups is 1. The Hall–Kier alpha value is -2.28. The van der Waals surface area contributed by atoms with Crippen molar-refractivity contribution in [1.82, 2.24) is 4.90 Å². The molecule has 1 N–H and O–H groups in total. The molecule has 0 unspecified atom stereocenters. The van der Waals surface area contributed by atoms with E-state index >= 15 is 0 Å². The zero-order chi connectivity index (χ0) is 17.9. The van der Waals surface area contributed by atoms with Gasteiger partial charge in [0.2, 0.25) is 0 Å². The summed E-state index contributed by atoms with van der Waals surface area (Å²) in [6, 6.07) is 10.7. The first-order valence-corrected chi connectivity index (χ1v) is 10.0. The van der Waals surface area contributed by atoms with E-state index < -0.39 is 15.1 Å². The van der Waals surface area contributed by atoms with E-state index in [-0.39, 0.29) is 11.8 Å². The fourth-order valence-electron chi connectivity index (χ4n) is 2.97. The molecular weight excluding hydrogens is 340 g/mol. The first kappa shape index (κ1) is 17.5. The molecule has 1 aromatic carbocycles. The lowest BCUT2D eigenvalue weighted by atomic mass is 10.1. The van der Waals surface area contributed by atoms with Crippen molar-refractivity contribution in [1.29, 1.82) is 0 Å². The normalized spacial score (nSPS) is 16.0. The predicted molar refractivity (Wildman–Crippen MR) is 96.1 cm³/mol. The minimum absolute atomic E-state index is 0.0831. The second kappa shape index (κ2) is 7.31. The summed E-state index contributed by atoms with van der Waals surface area (Å²) < 4.78 is 30.1. The molecule has 7 heteroatoms. The number of likely N-dealkylation sites (tertiary alicyclic amines) is 1. The van der Waals surface area contributed by atoms with E-state index in [0.29, 0.717) is 31.7 Å². The van der Waals surface area contributed by atoms with Crippen LogP contribution in [0.2, 0.25) is 0 Å². The highest BCUT2D eigenvalue weighted by atomic mass is 32.2. The summed E-state index contributed by atoms with van der Waals surface area (Å²) in [6.07, 6.45) is 2.37. The molecule has 0 spiro atoms. The molecule has 2 aromatic rings. The summed E-state index contributed by atoms with van der Waals surface area (Å²) in [4.78, 5) is 14.0. The molecular formula is C18H22N2O4S. The van der Waals surface area contributed by atoms with Gasteiger partial charge < -0.3 is 14.6 Å². The number of rotatable bonds is 4. The molecule has 1 aliphatic heterocycles. The number of amides is 2. The molecule has 1 saturated heterocycles. The number of piperidine rings is 1. The van der Waals surface area contributed by atoms with Gasteiger partial charge in [-0.15, -0.1) is 0 Å². The molecule has 2 heterocycles. The van der Waals surface area contributed by atoms with Crippen molar-refractivity contribution in [3.05, 3.63) is 54.0 Å². The van der Waals surface area contributed by atoms with Gasteiger partial charge in [0, 0.05) is 18.8 Å². The number of hydrogen-bond acceptors (Lipinski definition) is 4. The Balaban J connectivity index is 1.54. The van der Waals surface area contributed by atoms with Crippen molar-refractivity contribution >= 4 is 21.6 Å². The third-order valence-corrected chi connectivity index (χ3v) is 6.64. The number of urea groups is 1. The van der Waals surface area contributed by atoms with E-state index in [0.717, 1.165) is 11.3 Å². The number of sulfone groups is 1. The highest BCUT2D eigenvalue weighted by Crippen LogP contribution is 2.22. The molecule has 1 fully saturated rings. The predicted octanol–water partition coefficient (Wildman–Crippen LogP) is 3.20. The summed E-state index contributed by atoms with van der Waals surface area (Å²) in [5.74, 6) is 0.375. The largest absolute Gasteiger partial charge is 0.468 e. The Morgan fingerprint density at radius 3 is 2.48 bits per heavy atom. The number of benzene rings is 1. The standard InChI is InChI=1S/C18H22N2O4S/c1-14-4-6-15(7-5-14)19-18(21)20-10-8-17(9-11-20)25(22,23)13-16-3-2-12-24-16/h2-7,12,17H,8-11,13H2,1H3,(H,19,21). The number of carbonyl (C=O) groups excluding carboxylic acids is 1. The first-order chi connectivity index (χ1) is 11.9. The monoisotopic (exact) mass is 362 g/mol. The van der Waals surface area contributed by atoms with Gasteiger partial charge >= 0.3 is 6.03 Å². The van der Waals surface area contributed by atoms with Crippen LogP contribution in [0.25, 0.3) is 0 Å². The average Bonchev–Trinajstić information content (AvgIpc) is 3.09. The van der Waals surface area contributed by atoms with Crippen molar-refractivity contribution in [3.63, 3.8) is 0 Å². The van der Waals surface area contributed by atoms with Crippen LogP contribution >= 0.6 is 0 Å². The zero-order valence-electron chi connectivity index (χ0n) is 14.1. The van der Waals surface area contributed by atoms with Gasteiger partial charge in [-0.2, -0.15) is 0 Å². The van der Waals surface area contributed by atoms with Gasteiger partial charge in [-0.3, -0.25) is 0 Å². The van der Waals surface area contributed by atoms with Crippen molar-refractivity contribution in [2.24, 2.45) is 0 Å². The topological polar surface area (TPSA) is 79.6 Å². The number of nitrogens with one attached hydrogen (secondary N) is 1. The zero-order valence-corrected chi connectivity index (χ0v) is 15.0. The Morgan fingerprint density at radius 1 is 1.20 bits per heavy atom. The lowest BCUT2D eigenvalue weighted by Gasteiger charge is -2.31. The Morgan fingerprint density at radius 2 is 1.88 bits per heavy atom. The number of anilines is 1. The molecule has 0 bridgehead atoms. The van der Waals surface area contributed by atoms with Crippen molar-refractivity contribution < 1.29 is 17.6 Å². The third-order valence-electron chi connectivity index (χ3n) is 4.46. The molecule has 0 radical (unpaired) electrons. The van der Waals surface area contributed by atoms with Crippen LogP contribution in [0.1, 0.15) is 24.2 Å². The molecule has 0 atom stereocenters. The quantitative estimate of drug-likeness (QED) is 0.906. The fourth-order valence-corrected chi connectivity index (χ4v) is 4.69. The summed E-state index contributed by atoms with van der Waals surface area (Å²) in [6.45, 7) is 2.85. The highest BCUT2D eigenvalue weighted by Gasteiger charge is 2.32. The van der Waals surface area contributed by atoms with Crippen LogP contribution in [0.3, 0.4) is 0 Å². The van der Waals surface area contributed by atoms with E-state index in [1.165, 1.54) is 6.26 Å². The molecule has 6 nitrogen and oxygen atoms in total. The lowest BCUT2D eigenvalue weighted by molar-refractivity contribution is 0.200. The van der Waals surface area contributed by atoms with E-state index in [2.05, 4.69) is 5.32 Å². The molecule has 2 amide bonds.